The van der Waals surface area contributed by atoms with E-state index in [1.807, 2.05) is 32.9 Å². The minimum absolute atomic E-state index is 0.0145. The third-order valence-corrected chi connectivity index (χ3v) is 8.60. The van der Waals surface area contributed by atoms with E-state index >= 15 is 0 Å². The molecule has 32 heavy (non-hydrogen) atoms. The van der Waals surface area contributed by atoms with E-state index in [0.29, 0.717) is 63.4 Å². The smallest absolute Gasteiger partial charge is 0.409 e. The first-order valence-electron chi connectivity index (χ1n) is 11.4. The molecular formula is C23H35N3O5S. The summed E-state index contributed by atoms with van der Waals surface area (Å²) < 4.78 is 33.0. The van der Waals surface area contributed by atoms with Crippen LogP contribution in [0.3, 0.4) is 0 Å². The molecule has 2 fully saturated rings. The topological polar surface area (TPSA) is 96.0 Å². The standard InChI is InChI=1S/C23H35N3O5S/c1-5-31-23(28)25-10-8-20(9-11-25)24-22(27)19-6-12-26(13-7-19)32(29,30)21-17(3)14-16(2)15-18(21)4/h14-15,19-20H,5-13H2,1-4H3,(H,24,27). The molecule has 2 aliphatic heterocycles. The van der Waals surface area contributed by atoms with E-state index in [1.54, 1.807) is 11.8 Å². The van der Waals surface area contributed by atoms with E-state index in [0.717, 1.165) is 16.7 Å². The molecule has 3 rings (SSSR count). The van der Waals surface area contributed by atoms with Gasteiger partial charge in [0.1, 0.15) is 0 Å². The largest absolute Gasteiger partial charge is 0.450 e. The summed E-state index contributed by atoms with van der Waals surface area (Å²) in [5.41, 5.74) is 2.57. The van der Waals surface area contributed by atoms with Gasteiger partial charge < -0.3 is 15.0 Å². The lowest BCUT2D eigenvalue weighted by Gasteiger charge is -2.34. The lowest BCUT2D eigenvalue weighted by molar-refractivity contribution is -0.127. The van der Waals surface area contributed by atoms with Gasteiger partial charge in [-0.15, -0.1) is 0 Å². The van der Waals surface area contributed by atoms with Crippen LogP contribution in [0.2, 0.25) is 0 Å². The van der Waals surface area contributed by atoms with Gasteiger partial charge in [0.05, 0.1) is 11.5 Å². The van der Waals surface area contributed by atoms with Gasteiger partial charge in [0, 0.05) is 38.1 Å². The van der Waals surface area contributed by atoms with Crippen molar-refractivity contribution in [3.05, 3.63) is 28.8 Å². The number of carbonyl (C=O) groups is 2. The highest BCUT2D eigenvalue weighted by Crippen LogP contribution is 2.29. The lowest BCUT2D eigenvalue weighted by Crippen LogP contribution is -2.49. The molecule has 0 radical (unpaired) electrons. The zero-order chi connectivity index (χ0) is 23.5. The molecule has 2 aliphatic rings. The fourth-order valence-electron chi connectivity index (χ4n) is 4.80. The number of nitrogens with one attached hydrogen (secondary N) is 1. The fraction of sp³-hybridized carbons (Fsp3) is 0.652. The maximum absolute atomic E-state index is 13.2. The highest BCUT2D eigenvalue weighted by molar-refractivity contribution is 7.89. The number of aryl methyl sites for hydroxylation is 3. The molecule has 0 spiro atoms. The minimum Gasteiger partial charge on any atom is -0.450 e. The Balaban J connectivity index is 1.53. The number of hydrogen-bond acceptors (Lipinski definition) is 5. The third-order valence-electron chi connectivity index (χ3n) is 6.39. The first kappa shape index (κ1) is 24.5. The SMILES string of the molecule is CCOC(=O)N1CCC(NC(=O)C2CCN(S(=O)(=O)c3c(C)cc(C)cc3C)CC2)CC1. The molecule has 9 heteroatoms. The van der Waals surface area contributed by atoms with Gasteiger partial charge in [-0.2, -0.15) is 4.31 Å². The van der Waals surface area contributed by atoms with E-state index in [4.69, 9.17) is 4.74 Å². The number of carbonyl (C=O) groups excluding carboxylic acids is 2. The normalized spacial score (nSPS) is 19.1. The zero-order valence-corrected chi connectivity index (χ0v) is 20.3. The average molecular weight is 466 g/mol. The Bertz CT molecular complexity index is 923. The summed E-state index contributed by atoms with van der Waals surface area (Å²) in [4.78, 5) is 26.6. The van der Waals surface area contributed by atoms with E-state index in [-0.39, 0.29) is 24.0 Å². The molecule has 2 saturated heterocycles. The summed E-state index contributed by atoms with van der Waals surface area (Å²) in [6.45, 7) is 9.58. The van der Waals surface area contributed by atoms with Crippen molar-refractivity contribution in [3.63, 3.8) is 0 Å². The van der Waals surface area contributed by atoms with Crippen LogP contribution in [0.1, 0.15) is 49.3 Å². The van der Waals surface area contributed by atoms with Crippen molar-refractivity contribution in [2.75, 3.05) is 32.8 Å². The molecule has 178 valence electrons. The van der Waals surface area contributed by atoms with Crippen molar-refractivity contribution in [1.82, 2.24) is 14.5 Å². The Labute approximate surface area is 191 Å². The summed E-state index contributed by atoms with van der Waals surface area (Å²) in [6, 6.07) is 3.83. The molecule has 1 aromatic carbocycles. The number of piperidine rings is 2. The number of benzene rings is 1. The molecule has 0 saturated carbocycles. The second-order valence-electron chi connectivity index (χ2n) is 8.88. The minimum atomic E-state index is -3.58. The summed E-state index contributed by atoms with van der Waals surface area (Å²) >= 11 is 0. The predicted octanol–water partition coefficient (Wildman–Crippen LogP) is 2.75. The van der Waals surface area contributed by atoms with Crippen molar-refractivity contribution in [1.29, 1.82) is 0 Å². The molecule has 0 unspecified atom stereocenters. The summed E-state index contributed by atoms with van der Waals surface area (Å²) in [6.07, 6.45) is 2.12. The molecule has 2 amide bonds. The van der Waals surface area contributed by atoms with Crippen LogP contribution in [0.4, 0.5) is 4.79 Å². The van der Waals surface area contributed by atoms with Gasteiger partial charge in [0.25, 0.3) is 0 Å². The van der Waals surface area contributed by atoms with Gasteiger partial charge in [-0.1, -0.05) is 17.7 Å². The molecule has 0 bridgehead atoms. The Hall–Kier alpha value is -2.13. The van der Waals surface area contributed by atoms with Crippen molar-refractivity contribution >= 4 is 22.0 Å². The van der Waals surface area contributed by atoms with Crippen molar-refractivity contribution < 1.29 is 22.7 Å². The van der Waals surface area contributed by atoms with Crippen molar-refractivity contribution in [3.8, 4) is 0 Å². The van der Waals surface area contributed by atoms with Gasteiger partial charge >= 0.3 is 6.09 Å². The summed E-state index contributed by atoms with van der Waals surface area (Å²) in [7, 11) is -3.58. The van der Waals surface area contributed by atoms with E-state index in [1.165, 1.54) is 4.31 Å². The maximum Gasteiger partial charge on any atom is 0.409 e. The number of sulfonamides is 1. The summed E-state index contributed by atoms with van der Waals surface area (Å²) in [5.74, 6) is -0.205. The number of likely N-dealkylation sites (tertiary alicyclic amines) is 1. The van der Waals surface area contributed by atoms with Crippen LogP contribution in [-0.2, 0) is 19.6 Å². The molecule has 0 atom stereocenters. The number of ether oxygens (including phenoxy) is 1. The van der Waals surface area contributed by atoms with Crippen LogP contribution in [-0.4, -0.2) is 68.5 Å². The number of amides is 2. The van der Waals surface area contributed by atoms with Crippen LogP contribution in [0, 0.1) is 26.7 Å². The van der Waals surface area contributed by atoms with Crippen molar-refractivity contribution in [2.45, 2.75) is 64.3 Å². The van der Waals surface area contributed by atoms with E-state index in [9.17, 15) is 18.0 Å². The molecular weight excluding hydrogens is 430 g/mol. The third kappa shape index (κ3) is 5.43. The van der Waals surface area contributed by atoms with Crippen LogP contribution >= 0.6 is 0 Å². The average Bonchev–Trinajstić information content (AvgIpc) is 2.73. The van der Waals surface area contributed by atoms with Gasteiger partial charge in [0.15, 0.2) is 0 Å². The second-order valence-corrected chi connectivity index (χ2v) is 10.7. The number of rotatable bonds is 5. The monoisotopic (exact) mass is 465 g/mol. The molecule has 8 nitrogen and oxygen atoms in total. The molecule has 1 aromatic rings. The lowest BCUT2D eigenvalue weighted by atomic mass is 9.96. The Morgan fingerprint density at radius 3 is 2.09 bits per heavy atom. The Morgan fingerprint density at radius 2 is 1.56 bits per heavy atom. The molecule has 0 aliphatic carbocycles. The van der Waals surface area contributed by atoms with Gasteiger partial charge in [0.2, 0.25) is 15.9 Å². The fourth-order valence-corrected chi connectivity index (χ4v) is 6.68. The van der Waals surface area contributed by atoms with E-state index in [2.05, 4.69) is 5.32 Å². The highest BCUT2D eigenvalue weighted by Gasteiger charge is 2.34. The summed E-state index contributed by atoms with van der Waals surface area (Å²) in [5, 5.41) is 3.10. The van der Waals surface area contributed by atoms with Crippen LogP contribution in [0.5, 0.6) is 0 Å². The first-order valence-corrected chi connectivity index (χ1v) is 12.9. The van der Waals surface area contributed by atoms with Gasteiger partial charge in [-0.05, 0) is 64.5 Å². The quantitative estimate of drug-likeness (QED) is 0.721. The second kappa shape index (κ2) is 10.2. The van der Waals surface area contributed by atoms with Gasteiger partial charge in [-0.25, -0.2) is 13.2 Å². The molecule has 0 aromatic heterocycles. The zero-order valence-electron chi connectivity index (χ0n) is 19.5. The highest BCUT2D eigenvalue weighted by atomic mass is 32.2. The van der Waals surface area contributed by atoms with Gasteiger partial charge in [-0.3, -0.25) is 4.79 Å². The maximum atomic E-state index is 13.2. The van der Waals surface area contributed by atoms with Crippen LogP contribution < -0.4 is 5.32 Å². The predicted molar refractivity (Wildman–Crippen MR) is 122 cm³/mol. The number of hydrogen-bond donors (Lipinski definition) is 1. The number of nitrogens with zero attached hydrogens (tertiary/aromatic N) is 2. The molecule has 2 heterocycles. The van der Waals surface area contributed by atoms with Crippen LogP contribution in [0.25, 0.3) is 0 Å². The van der Waals surface area contributed by atoms with Crippen LogP contribution in [0.15, 0.2) is 17.0 Å². The van der Waals surface area contributed by atoms with E-state index < -0.39 is 10.0 Å². The molecule has 1 N–H and O–H groups in total. The van der Waals surface area contributed by atoms with Crippen molar-refractivity contribution in [2.24, 2.45) is 5.92 Å². The Kier molecular flexibility index (Phi) is 7.82. The first-order chi connectivity index (χ1) is 15.1. The Morgan fingerprint density at radius 1 is 1.00 bits per heavy atom.